The number of carbonyl (C=O) groups is 1. The summed E-state index contributed by atoms with van der Waals surface area (Å²) in [6, 6.07) is -1.24. The van der Waals surface area contributed by atoms with Crippen LogP contribution in [0.3, 0.4) is 0 Å². The van der Waals surface area contributed by atoms with E-state index in [0.29, 0.717) is 0 Å². The van der Waals surface area contributed by atoms with Crippen LogP contribution in [0.5, 0.6) is 0 Å². The van der Waals surface area contributed by atoms with Crippen LogP contribution in [0.1, 0.15) is 13.3 Å². The van der Waals surface area contributed by atoms with E-state index in [9.17, 15) is 13.2 Å². The molecule has 8 heteroatoms. The third kappa shape index (κ3) is 6.90. The second-order valence-corrected chi connectivity index (χ2v) is 6.42. The highest BCUT2D eigenvalue weighted by atomic mass is 32.2. The monoisotopic (exact) mass is 282 g/mol. The van der Waals surface area contributed by atoms with Crippen LogP contribution < -0.4 is 11.1 Å². The number of ether oxygens (including phenoxy) is 2. The summed E-state index contributed by atoms with van der Waals surface area (Å²) in [5.74, 6) is -0.543. The van der Waals surface area contributed by atoms with Gasteiger partial charge in [0, 0.05) is 20.5 Å². The SMILES string of the molecule is COC(OC)C(C)NC(=O)C(N)CCS(C)(=O)=O. The molecule has 0 saturated heterocycles. The van der Waals surface area contributed by atoms with Gasteiger partial charge in [0.25, 0.3) is 0 Å². The van der Waals surface area contributed by atoms with Crippen molar-refractivity contribution in [2.45, 2.75) is 31.7 Å². The van der Waals surface area contributed by atoms with E-state index in [1.807, 2.05) is 0 Å². The summed E-state index contributed by atoms with van der Waals surface area (Å²) >= 11 is 0. The Labute approximate surface area is 108 Å². The predicted octanol–water partition coefficient (Wildman–Crippen LogP) is -1.13. The van der Waals surface area contributed by atoms with E-state index < -0.39 is 28.1 Å². The first-order chi connectivity index (χ1) is 8.21. The van der Waals surface area contributed by atoms with Gasteiger partial charge in [-0.2, -0.15) is 0 Å². The Kier molecular flexibility index (Phi) is 7.37. The number of nitrogens with two attached hydrogens (primary N) is 1. The minimum Gasteiger partial charge on any atom is -0.354 e. The first kappa shape index (κ1) is 17.3. The first-order valence-electron chi connectivity index (χ1n) is 5.50. The van der Waals surface area contributed by atoms with Crippen molar-refractivity contribution in [2.75, 3.05) is 26.2 Å². The molecule has 1 amide bonds. The molecule has 2 atom stereocenters. The Hall–Kier alpha value is -0.700. The molecule has 7 nitrogen and oxygen atoms in total. The van der Waals surface area contributed by atoms with Gasteiger partial charge in [-0.15, -0.1) is 0 Å². The van der Waals surface area contributed by atoms with E-state index in [2.05, 4.69) is 5.32 Å². The summed E-state index contributed by atoms with van der Waals surface area (Å²) in [6.07, 6.45) is 0.616. The van der Waals surface area contributed by atoms with Crippen LogP contribution in [0.4, 0.5) is 0 Å². The molecule has 0 bridgehead atoms. The molecule has 2 unspecified atom stereocenters. The largest absolute Gasteiger partial charge is 0.354 e. The highest BCUT2D eigenvalue weighted by Crippen LogP contribution is 2.00. The molecule has 0 aliphatic rings. The van der Waals surface area contributed by atoms with Crippen LogP contribution in [-0.4, -0.2) is 58.9 Å². The highest BCUT2D eigenvalue weighted by Gasteiger charge is 2.22. The molecule has 0 spiro atoms. The van der Waals surface area contributed by atoms with E-state index in [0.717, 1.165) is 6.26 Å². The highest BCUT2D eigenvalue weighted by molar-refractivity contribution is 7.90. The molecule has 0 aromatic carbocycles. The number of rotatable bonds is 8. The number of nitrogens with one attached hydrogen (secondary N) is 1. The van der Waals surface area contributed by atoms with Gasteiger partial charge in [-0.25, -0.2) is 8.42 Å². The van der Waals surface area contributed by atoms with Crippen molar-refractivity contribution in [3.63, 3.8) is 0 Å². The van der Waals surface area contributed by atoms with Crippen molar-refractivity contribution < 1.29 is 22.7 Å². The van der Waals surface area contributed by atoms with Crippen LogP contribution in [0, 0.1) is 0 Å². The molecule has 0 aliphatic heterocycles. The average molecular weight is 282 g/mol. The van der Waals surface area contributed by atoms with Gasteiger partial charge in [-0.05, 0) is 13.3 Å². The third-order valence-electron chi connectivity index (χ3n) is 2.38. The van der Waals surface area contributed by atoms with Gasteiger partial charge in [0.1, 0.15) is 9.84 Å². The normalized spacial score (nSPS) is 15.4. The fourth-order valence-corrected chi connectivity index (χ4v) is 2.06. The lowest BCUT2D eigenvalue weighted by Crippen LogP contribution is -2.49. The van der Waals surface area contributed by atoms with Crippen molar-refractivity contribution in [2.24, 2.45) is 5.73 Å². The van der Waals surface area contributed by atoms with Crippen molar-refractivity contribution >= 4 is 15.7 Å². The quantitative estimate of drug-likeness (QED) is 0.546. The topological polar surface area (TPSA) is 108 Å². The molecule has 0 rings (SSSR count). The van der Waals surface area contributed by atoms with Crippen LogP contribution >= 0.6 is 0 Å². The predicted molar refractivity (Wildman–Crippen MR) is 67.7 cm³/mol. The number of amides is 1. The van der Waals surface area contributed by atoms with Gasteiger partial charge < -0.3 is 20.5 Å². The first-order valence-corrected chi connectivity index (χ1v) is 7.56. The molecular weight excluding hydrogens is 260 g/mol. The maximum Gasteiger partial charge on any atom is 0.237 e. The van der Waals surface area contributed by atoms with Crippen LogP contribution in [0.2, 0.25) is 0 Å². The van der Waals surface area contributed by atoms with Crippen LogP contribution in [-0.2, 0) is 24.1 Å². The van der Waals surface area contributed by atoms with E-state index >= 15 is 0 Å². The summed E-state index contributed by atoms with van der Waals surface area (Å²) < 4.78 is 31.9. The van der Waals surface area contributed by atoms with Crippen molar-refractivity contribution in [3.8, 4) is 0 Å². The molecular formula is C10H22N2O5S. The lowest BCUT2D eigenvalue weighted by Gasteiger charge is -2.23. The Balaban J connectivity index is 4.23. The standard InChI is InChI=1S/C10H22N2O5S/c1-7(10(16-2)17-3)12-9(13)8(11)5-6-18(4,14)15/h7-8,10H,5-6,11H2,1-4H3,(H,12,13). The lowest BCUT2D eigenvalue weighted by molar-refractivity contribution is -0.136. The van der Waals surface area contributed by atoms with Crippen LogP contribution in [0.25, 0.3) is 0 Å². The smallest absolute Gasteiger partial charge is 0.237 e. The molecule has 0 radical (unpaired) electrons. The van der Waals surface area contributed by atoms with E-state index in [4.69, 9.17) is 15.2 Å². The molecule has 0 aromatic heterocycles. The Morgan fingerprint density at radius 3 is 2.22 bits per heavy atom. The van der Waals surface area contributed by atoms with Crippen LogP contribution in [0.15, 0.2) is 0 Å². The van der Waals surface area contributed by atoms with Gasteiger partial charge >= 0.3 is 0 Å². The molecule has 0 aromatic rings. The maximum atomic E-state index is 11.7. The van der Waals surface area contributed by atoms with Gasteiger partial charge in [0.15, 0.2) is 6.29 Å². The number of hydrogen-bond donors (Lipinski definition) is 2. The van der Waals surface area contributed by atoms with Crippen molar-refractivity contribution in [1.29, 1.82) is 0 Å². The fourth-order valence-electron chi connectivity index (χ4n) is 1.38. The molecule has 108 valence electrons. The molecule has 0 fully saturated rings. The van der Waals surface area contributed by atoms with Gasteiger partial charge in [0.2, 0.25) is 5.91 Å². The Morgan fingerprint density at radius 1 is 1.33 bits per heavy atom. The summed E-state index contributed by atoms with van der Waals surface area (Å²) in [5.41, 5.74) is 5.60. The van der Waals surface area contributed by atoms with Gasteiger partial charge in [-0.3, -0.25) is 4.79 Å². The van der Waals surface area contributed by atoms with Crippen molar-refractivity contribution in [3.05, 3.63) is 0 Å². The zero-order chi connectivity index (χ0) is 14.3. The van der Waals surface area contributed by atoms with E-state index in [1.54, 1.807) is 6.92 Å². The van der Waals surface area contributed by atoms with E-state index in [1.165, 1.54) is 14.2 Å². The molecule has 18 heavy (non-hydrogen) atoms. The summed E-state index contributed by atoms with van der Waals surface area (Å²) in [4.78, 5) is 11.7. The maximum absolute atomic E-state index is 11.7. The zero-order valence-electron chi connectivity index (χ0n) is 11.2. The minimum atomic E-state index is -3.12. The Morgan fingerprint density at radius 2 is 1.83 bits per heavy atom. The zero-order valence-corrected chi connectivity index (χ0v) is 12.0. The second-order valence-electron chi connectivity index (χ2n) is 4.16. The lowest BCUT2D eigenvalue weighted by atomic mass is 10.2. The molecule has 0 saturated carbocycles. The van der Waals surface area contributed by atoms with Crippen molar-refractivity contribution in [1.82, 2.24) is 5.32 Å². The number of carbonyl (C=O) groups excluding carboxylic acids is 1. The van der Waals surface area contributed by atoms with E-state index in [-0.39, 0.29) is 18.2 Å². The average Bonchev–Trinajstić information content (AvgIpc) is 2.26. The van der Waals surface area contributed by atoms with Gasteiger partial charge in [0.05, 0.1) is 17.8 Å². The third-order valence-corrected chi connectivity index (χ3v) is 3.36. The number of hydrogen-bond acceptors (Lipinski definition) is 6. The summed E-state index contributed by atoms with van der Waals surface area (Å²) in [5, 5.41) is 2.61. The second kappa shape index (κ2) is 7.67. The summed E-state index contributed by atoms with van der Waals surface area (Å²) in [6.45, 7) is 1.71. The summed E-state index contributed by atoms with van der Waals surface area (Å²) in [7, 11) is -0.199. The number of methoxy groups -OCH3 is 2. The molecule has 0 heterocycles. The molecule has 3 N–H and O–H groups in total. The Bertz CT molecular complexity index is 353. The van der Waals surface area contributed by atoms with Gasteiger partial charge in [-0.1, -0.05) is 0 Å². The minimum absolute atomic E-state index is 0.0853. The molecule has 0 aliphatic carbocycles. The number of sulfone groups is 1. The fraction of sp³-hybridized carbons (Fsp3) is 0.900.